The van der Waals surface area contributed by atoms with Crippen LogP contribution >= 0.6 is 0 Å². The van der Waals surface area contributed by atoms with Gasteiger partial charge in [0.1, 0.15) is 25.6 Å². The molecule has 0 aliphatic carbocycles. The molecule has 1 aliphatic rings. The summed E-state index contributed by atoms with van der Waals surface area (Å²) in [5.74, 6) is 3.04. The SMILES string of the molecule is CC(C)CC(O)COc1cc2c(cc1C(C)C)OCCO2. The third-order valence-corrected chi connectivity index (χ3v) is 3.47. The predicted octanol–water partition coefficient (Wildman–Crippen LogP) is 3.37. The van der Waals surface area contributed by atoms with Crippen LogP contribution < -0.4 is 14.2 Å². The van der Waals surface area contributed by atoms with Gasteiger partial charge in [-0.3, -0.25) is 0 Å². The van der Waals surface area contributed by atoms with Gasteiger partial charge < -0.3 is 19.3 Å². The van der Waals surface area contributed by atoms with Crippen molar-refractivity contribution in [1.29, 1.82) is 0 Å². The molecule has 0 fully saturated rings. The highest BCUT2D eigenvalue weighted by molar-refractivity contribution is 5.52. The molecule has 1 aromatic rings. The first-order valence-corrected chi connectivity index (χ1v) is 7.71. The van der Waals surface area contributed by atoms with Gasteiger partial charge in [0.05, 0.1) is 6.10 Å². The number of fused-ring (bicyclic) bond motifs is 1. The molecule has 1 unspecified atom stereocenters. The highest BCUT2D eigenvalue weighted by Gasteiger charge is 2.19. The number of aliphatic hydroxyl groups is 1. The summed E-state index contributed by atoms with van der Waals surface area (Å²) in [5, 5.41) is 9.97. The van der Waals surface area contributed by atoms with E-state index in [2.05, 4.69) is 27.7 Å². The zero-order valence-corrected chi connectivity index (χ0v) is 13.4. The van der Waals surface area contributed by atoms with E-state index in [0.717, 1.165) is 29.2 Å². The standard InChI is InChI=1S/C17H26O4/c1-11(2)7-13(18)10-21-15-9-17-16(19-5-6-20-17)8-14(15)12(3)4/h8-9,11-13,18H,5-7,10H2,1-4H3. The van der Waals surface area contributed by atoms with Gasteiger partial charge in [0.15, 0.2) is 11.5 Å². The molecule has 0 amide bonds. The van der Waals surface area contributed by atoms with Crippen LogP contribution in [0.3, 0.4) is 0 Å². The fourth-order valence-electron chi connectivity index (χ4n) is 2.46. The van der Waals surface area contributed by atoms with Gasteiger partial charge in [-0.15, -0.1) is 0 Å². The second kappa shape index (κ2) is 7.03. The molecule has 1 N–H and O–H groups in total. The molecule has 0 saturated heterocycles. The van der Waals surface area contributed by atoms with E-state index < -0.39 is 6.10 Å². The Bertz CT molecular complexity index is 468. The van der Waals surface area contributed by atoms with Crippen molar-refractivity contribution in [3.8, 4) is 17.2 Å². The van der Waals surface area contributed by atoms with E-state index in [0.29, 0.717) is 31.7 Å². The summed E-state index contributed by atoms with van der Waals surface area (Å²) in [4.78, 5) is 0. The highest BCUT2D eigenvalue weighted by Crippen LogP contribution is 2.39. The van der Waals surface area contributed by atoms with Crippen LogP contribution in [0.15, 0.2) is 12.1 Å². The lowest BCUT2D eigenvalue weighted by Crippen LogP contribution is -2.20. The molecule has 1 aromatic carbocycles. The molecular weight excluding hydrogens is 268 g/mol. The van der Waals surface area contributed by atoms with Crippen LogP contribution in [0.2, 0.25) is 0 Å². The van der Waals surface area contributed by atoms with Crippen LogP contribution in [0.1, 0.15) is 45.6 Å². The Hall–Kier alpha value is -1.42. The normalized spacial score (nSPS) is 15.4. The number of ether oxygens (including phenoxy) is 3. The maximum atomic E-state index is 9.97. The summed E-state index contributed by atoms with van der Waals surface area (Å²) in [6, 6.07) is 3.87. The van der Waals surface area contributed by atoms with Crippen molar-refractivity contribution in [2.45, 2.75) is 46.1 Å². The van der Waals surface area contributed by atoms with E-state index in [1.165, 1.54) is 0 Å². The molecule has 1 atom stereocenters. The molecule has 1 heterocycles. The van der Waals surface area contributed by atoms with Gasteiger partial charge in [-0.2, -0.15) is 0 Å². The number of aliphatic hydroxyl groups excluding tert-OH is 1. The minimum absolute atomic E-state index is 0.303. The Labute approximate surface area is 127 Å². The largest absolute Gasteiger partial charge is 0.490 e. The van der Waals surface area contributed by atoms with Gasteiger partial charge in [-0.25, -0.2) is 0 Å². The van der Waals surface area contributed by atoms with Crippen LogP contribution in [0.25, 0.3) is 0 Å². The summed E-state index contributed by atoms with van der Waals surface area (Å²) in [6.45, 7) is 9.85. The summed E-state index contributed by atoms with van der Waals surface area (Å²) in [6.07, 6.45) is 0.292. The average Bonchev–Trinajstić information content (AvgIpc) is 2.43. The molecule has 0 aromatic heterocycles. The Morgan fingerprint density at radius 3 is 2.29 bits per heavy atom. The highest BCUT2D eigenvalue weighted by atomic mass is 16.6. The molecule has 4 nitrogen and oxygen atoms in total. The van der Waals surface area contributed by atoms with Crippen LogP contribution in [0, 0.1) is 5.92 Å². The van der Waals surface area contributed by atoms with Crippen LogP contribution in [-0.2, 0) is 0 Å². The van der Waals surface area contributed by atoms with Gasteiger partial charge >= 0.3 is 0 Å². The fraction of sp³-hybridized carbons (Fsp3) is 0.647. The maximum absolute atomic E-state index is 9.97. The quantitative estimate of drug-likeness (QED) is 0.874. The number of hydrogen-bond donors (Lipinski definition) is 1. The van der Waals surface area contributed by atoms with E-state index in [4.69, 9.17) is 14.2 Å². The van der Waals surface area contributed by atoms with Crippen molar-refractivity contribution < 1.29 is 19.3 Å². The van der Waals surface area contributed by atoms with Crippen molar-refractivity contribution in [1.82, 2.24) is 0 Å². The number of rotatable bonds is 6. The molecule has 4 heteroatoms. The zero-order valence-electron chi connectivity index (χ0n) is 13.4. The predicted molar refractivity (Wildman–Crippen MR) is 82.5 cm³/mol. The smallest absolute Gasteiger partial charge is 0.165 e. The summed E-state index contributed by atoms with van der Waals surface area (Å²) in [7, 11) is 0. The van der Waals surface area contributed by atoms with Crippen molar-refractivity contribution in [2.75, 3.05) is 19.8 Å². The first-order valence-electron chi connectivity index (χ1n) is 7.71. The zero-order chi connectivity index (χ0) is 15.4. The first kappa shape index (κ1) is 16.0. The first-order chi connectivity index (χ1) is 9.97. The molecule has 2 rings (SSSR count). The van der Waals surface area contributed by atoms with Gasteiger partial charge in [-0.1, -0.05) is 27.7 Å². The summed E-state index contributed by atoms with van der Waals surface area (Å²) in [5.41, 5.74) is 1.08. The van der Waals surface area contributed by atoms with E-state index in [-0.39, 0.29) is 0 Å². The number of benzene rings is 1. The molecular formula is C17H26O4. The second-order valence-corrected chi connectivity index (χ2v) is 6.28. The van der Waals surface area contributed by atoms with Crippen molar-refractivity contribution in [3.63, 3.8) is 0 Å². The van der Waals surface area contributed by atoms with E-state index in [9.17, 15) is 5.11 Å². The minimum Gasteiger partial charge on any atom is -0.490 e. The molecule has 0 saturated carbocycles. The molecule has 0 radical (unpaired) electrons. The van der Waals surface area contributed by atoms with Gasteiger partial charge in [0, 0.05) is 11.6 Å². The Kier molecular flexibility index (Phi) is 5.34. The van der Waals surface area contributed by atoms with Gasteiger partial charge in [-0.05, 0) is 24.3 Å². The molecule has 0 spiro atoms. The van der Waals surface area contributed by atoms with E-state index >= 15 is 0 Å². The number of hydrogen-bond acceptors (Lipinski definition) is 4. The van der Waals surface area contributed by atoms with Crippen molar-refractivity contribution in [2.24, 2.45) is 5.92 Å². The third kappa shape index (κ3) is 4.27. The van der Waals surface area contributed by atoms with Gasteiger partial charge in [0.25, 0.3) is 0 Å². The molecule has 21 heavy (non-hydrogen) atoms. The topological polar surface area (TPSA) is 47.9 Å². The van der Waals surface area contributed by atoms with E-state index in [1.54, 1.807) is 0 Å². The summed E-state index contributed by atoms with van der Waals surface area (Å²) < 4.78 is 17.1. The van der Waals surface area contributed by atoms with E-state index in [1.807, 2.05) is 12.1 Å². The second-order valence-electron chi connectivity index (χ2n) is 6.28. The van der Waals surface area contributed by atoms with Crippen LogP contribution in [0.4, 0.5) is 0 Å². The lowest BCUT2D eigenvalue weighted by atomic mass is 10.0. The Morgan fingerprint density at radius 2 is 1.71 bits per heavy atom. The van der Waals surface area contributed by atoms with Gasteiger partial charge in [0.2, 0.25) is 0 Å². The summed E-state index contributed by atoms with van der Waals surface area (Å²) >= 11 is 0. The van der Waals surface area contributed by atoms with Crippen molar-refractivity contribution in [3.05, 3.63) is 17.7 Å². The average molecular weight is 294 g/mol. The Balaban J connectivity index is 2.13. The third-order valence-electron chi connectivity index (χ3n) is 3.47. The fourth-order valence-corrected chi connectivity index (χ4v) is 2.46. The molecule has 118 valence electrons. The lowest BCUT2D eigenvalue weighted by molar-refractivity contribution is 0.0881. The van der Waals surface area contributed by atoms with Crippen LogP contribution in [-0.4, -0.2) is 31.0 Å². The lowest BCUT2D eigenvalue weighted by Gasteiger charge is -2.23. The van der Waals surface area contributed by atoms with Crippen molar-refractivity contribution >= 4 is 0 Å². The molecule has 0 bridgehead atoms. The minimum atomic E-state index is -0.446. The monoisotopic (exact) mass is 294 g/mol. The molecule has 1 aliphatic heterocycles. The van der Waals surface area contributed by atoms with Crippen LogP contribution in [0.5, 0.6) is 17.2 Å². The Morgan fingerprint density at radius 1 is 1.10 bits per heavy atom. The maximum Gasteiger partial charge on any atom is 0.165 e.